The molecule has 2 heteroatoms. The van der Waals surface area contributed by atoms with Crippen LogP contribution in [0.25, 0.3) is 0 Å². The van der Waals surface area contributed by atoms with Crippen LogP contribution in [0.1, 0.15) is 44.7 Å². The highest BCUT2D eigenvalue weighted by Gasteiger charge is 2.03. The minimum atomic E-state index is 0.246. The highest BCUT2D eigenvalue weighted by atomic mass is 32.2. The number of aliphatic hydroxyl groups is 1. The zero-order valence-corrected chi connectivity index (χ0v) is 11.9. The number of aryl methyl sites for hydroxylation is 1. The Bertz CT molecular complexity index is 295. The largest absolute Gasteiger partial charge is 0.396 e. The average Bonchev–Trinajstić information content (AvgIpc) is 2.30. The third-order valence-electron chi connectivity index (χ3n) is 2.23. The van der Waals surface area contributed by atoms with Gasteiger partial charge in [0.1, 0.15) is 0 Å². The van der Waals surface area contributed by atoms with Gasteiger partial charge in [0.2, 0.25) is 0 Å². The fourth-order valence-electron chi connectivity index (χ4n) is 1.29. The molecule has 0 aliphatic heterocycles. The van der Waals surface area contributed by atoms with E-state index in [2.05, 4.69) is 39.0 Å². The van der Waals surface area contributed by atoms with Crippen LogP contribution in [0.15, 0.2) is 23.1 Å². The standard InChI is InChI=1S/C12H18OS.C2H6/c1-9(2)11-5-4-10(3)12(8-11)14-7-6-13;1-2/h4-5,8-9,13H,6-7H2,1-3H3;1-2H3. The number of benzene rings is 1. The minimum absolute atomic E-state index is 0.246. The van der Waals surface area contributed by atoms with Crippen LogP contribution in [0.2, 0.25) is 0 Å². The normalized spacial score (nSPS) is 9.94. The van der Waals surface area contributed by atoms with Crippen molar-refractivity contribution in [2.75, 3.05) is 12.4 Å². The van der Waals surface area contributed by atoms with E-state index in [0.29, 0.717) is 5.92 Å². The fourth-order valence-corrected chi connectivity index (χ4v) is 2.11. The van der Waals surface area contributed by atoms with Crippen LogP contribution in [0.4, 0.5) is 0 Å². The molecule has 1 aromatic carbocycles. The van der Waals surface area contributed by atoms with Crippen molar-refractivity contribution < 1.29 is 5.11 Å². The van der Waals surface area contributed by atoms with Crippen LogP contribution >= 0.6 is 11.8 Å². The van der Waals surface area contributed by atoms with Gasteiger partial charge >= 0.3 is 0 Å². The van der Waals surface area contributed by atoms with Gasteiger partial charge in [-0.25, -0.2) is 0 Å². The van der Waals surface area contributed by atoms with Crippen molar-refractivity contribution in [1.29, 1.82) is 0 Å². The lowest BCUT2D eigenvalue weighted by molar-refractivity contribution is 0.322. The monoisotopic (exact) mass is 240 g/mol. The van der Waals surface area contributed by atoms with Crippen molar-refractivity contribution in [2.45, 2.75) is 45.4 Å². The summed E-state index contributed by atoms with van der Waals surface area (Å²) in [6.45, 7) is 10.8. The third-order valence-corrected chi connectivity index (χ3v) is 3.37. The molecule has 1 rings (SSSR count). The average molecular weight is 240 g/mol. The van der Waals surface area contributed by atoms with Gasteiger partial charge in [-0.15, -0.1) is 11.8 Å². The van der Waals surface area contributed by atoms with E-state index in [-0.39, 0.29) is 6.61 Å². The molecule has 0 atom stereocenters. The maximum absolute atomic E-state index is 8.78. The summed E-state index contributed by atoms with van der Waals surface area (Å²) in [5, 5.41) is 8.78. The van der Waals surface area contributed by atoms with Gasteiger partial charge in [0, 0.05) is 10.6 Å². The molecule has 0 aromatic heterocycles. The molecule has 0 saturated carbocycles. The number of rotatable bonds is 4. The summed E-state index contributed by atoms with van der Waals surface area (Å²) < 4.78 is 0. The molecule has 0 aliphatic carbocycles. The Kier molecular flexibility index (Phi) is 8.40. The molecule has 1 N–H and O–H groups in total. The molecule has 1 nitrogen and oxygen atoms in total. The first-order valence-electron chi connectivity index (χ1n) is 5.99. The van der Waals surface area contributed by atoms with Crippen LogP contribution in [-0.4, -0.2) is 17.5 Å². The van der Waals surface area contributed by atoms with E-state index in [0.717, 1.165) is 5.75 Å². The van der Waals surface area contributed by atoms with Crippen LogP contribution in [0.5, 0.6) is 0 Å². The van der Waals surface area contributed by atoms with Gasteiger partial charge in [0.05, 0.1) is 6.61 Å². The summed E-state index contributed by atoms with van der Waals surface area (Å²) in [7, 11) is 0. The van der Waals surface area contributed by atoms with Gasteiger partial charge in [-0.05, 0) is 30.0 Å². The quantitative estimate of drug-likeness (QED) is 0.795. The van der Waals surface area contributed by atoms with Crippen LogP contribution in [0.3, 0.4) is 0 Å². The van der Waals surface area contributed by atoms with Crippen molar-refractivity contribution >= 4 is 11.8 Å². The second kappa shape index (κ2) is 8.66. The molecule has 0 fully saturated rings. The van der Waals surface area contributed by atoms with E-state index >= 15 is 0 Å². The second-order valence-electron chi connectivity index (χ2n) is 3.75. The molecule has 0 saturated heterocycles. The predicted molar refractivity (Wildman–Crippen MR) is 74.4 cm³/mol. The van der Waals surface area contributed by atoms with Crippen LogP contribution in [-0.2, 0) is 0 Å². The molecule has 0 unspecified atom stereocenters. The molecule has 92 valence electrons. The smallest absolute Gasteiger partial charge is 0.0525 e. The Morgan fingerprint density at radius 2 is 1.88 bits per heavy atom. The van der Waals surface area contributed by atoms with Crippen molar-refractivity contribution in [3.8, 4) is 0 Å². The van der Waals surface area contributed by atoms with Gasteiger partial charge in [-0.3, -0.25) is 0 Å². The molecule has 0 heterocycles. The Labute approximate surface area is 104 Å². The van der Waals surface area contributed by atoms with E-state index < -0.39 is 0 Å². The van der Waals surface area contributed by atoms with Gasteiger partial charge < -0.3 is 5.11 Å². The van der Waals surface area contributed by atoms with Crippen molar-refractivity contribution in [3.63, 3.8) is 0 Å². The molecule has 1 aromatic rings. The van der Waals surface area contributed by atoms with Gasteiger partial charge in [-0.1, -0.05) is 39.8 Å². The Morgan fingerprint density at radius 1 is 1.25 bits per heavy atom. The number of hydrogen-bond donors (Lipinski definition) is 1. The Morgan fingerprint density at radius 3 is 2.38 bits per heavy atom. The molecule has 0 spiro atoms. The van der Waals surface area contributed by atoms with E-state index in [9.17, 15) is 0 Å². The van der Waals surface area contributed by atoms with Gasteiger partial charge in [0.25, 0.3) is 0 Å². The summed E-state index contributed by atoms with van der Waals surface area (Å²) in [4.78, 5) is 1.30. The van der Waals surface area contributed by atoms with E-state index in [1.54, 1.807) is 11.8 Å². The maximum Gasteiger partial charge on any atom is 0.0525 e. The predicted octanol–water partition coefficient (Wildman–Crippen LogP) is 4.23. The topological polar surface area (TPSA) is 20.2 Å². The highest BCUT2D eigenvalue weighted by molar-refractivity contribution is 7.99. The Balaban J connectivity index is 0.00000106. The first-order chi connectivity index (χ1) is 7.65. The van der Waals surface area contributed by atoms with Crippen molar-refractivity contribution in [1.82, 2.24) is 0 Å². The SMILES string of the molecule is CC.Cc1ccc(C(C)C)cc1SCCO. The first-order valence-corrected chi connectivity index (χ1v) is 6.98. The van der Waals surface area contributed by atoms with Crippen molar-refractivity contribution in [3.05, 3.63) is 29.3 Å². The molecular weight excluding hydrogens is 216 g/mol. The zero-order valence-electron chi connectivity index (χ0n) is 11.1. The lowest BCUT2D eigenvalue weighted by atomic mass is 10.0. The van der Waals surface area contributed by atoms with Gasteiger partial charge in [0.15, 0.2) is 0 Å². The number of thioether (sulfide) groups is 1. The number of aliphatic hydroxyl groups excluding tert-OH is 1. The summed E-state index contributed by atoms with van der Waals surface area (Å²) in [6, 6.07) is 6.58. The lowest BCUT2D eigenvalue weighted by Gasteiger charge is -2.10. The minimum Gasteiger partial charge on any atom is -0.396 e. The first kappa shape index (κ1) is 15.5. The summed E-state index contributed by atoms with van der Waals surface area (Å²) in [5.74, 6) is 1.35. The fraction of sp³-hybridized carbons (Fsp3) is 0.571. The molecule has 16 heavy (non-hydrogen) atoms. The lowest BCUT2D eigenvalue weighted by Crippen LogP contribution is -1.92. The van der Waals surface area contributed by atoms with E-state index in [4.69, 9.17) is 5.11 Å². The molecular formula is C14H24OS. The zero-order chi connectivity index (χ0) is 12.6. The molecule has 0 radical (unpaired) electrons. The second-order valence-corrected chi connectivity index (χ2v) is 4.89. The molecule has 0 bridgehead atoms. The molecule has 0 aliphatic rings. The summed E-state index contributed by atoms with van der Waals surface area (Å²) in [5.41, 5.74) is 2.67. The summed E-state index contributed by atoms with van der Waals surface area (Å²) in [6.07, 6.45) is 0. The van der Waals surface area contributed by atoms with Crippen LogP contribution < -0.4 is 0 Å². The van der Waals surface area contributed by atoms with E-state index in [1.165, 1.54) is 16.0 Å². The maximum atomic E-state index is 8.78. The highest BCUT2D eigenvalue weighted by Crippen LogP contribution is 2.26. The summed E-state index contributed by atoms with van der Waals surface area (Å²) >= 11 is 1.73. The van der Waals surface area contributed by atoms with Gasteiger partial charge in [-0.2, -0.15) is 0 Å². The molecule has 0 amide bonds. The number of hydrogen-bond acceptors (Lipinski definition) is 2. The van der Waals surface area contributed by atoms with E-state index in [1.807, 2.05) is 13.8 Å². The Hall–Kier alpha value is -0.470. The van der Waals surface area contributed by atoms with Crippen molar-refractivity contribution in [2.24, 2.45) is 0 Å². The third kappa shape index (κ3) is 5.04. The van der Waals surface area contributed by atoms with Crippen LogP contribution in [0, 0.1) is 6.92 Å².